The first-order valence-corrected chi connectivity index (χ1v) is 12.2. The predicted octanol–water partition coefficient (Wildman–Crippen LogP) is 8.24. The topological polar surface area (TPSA) is 0 Å². The van der Waals surface area contributed by atoms with Gasteiger partial charge in [-0.25, -0.2) is 4.39 Å². The fourth-order valence-corrected chi connectivity index (χ4v) is 4.21. The average Bonchev–Trinajstić information content (AvgIpc) is 2.87. The minimum atomic E-state index is -0.248. The highest BCUT2D eigenvalue weighted by Crippen LogP contribution is 2.23. The molecule has 0 spiro atoms. The average molecular weight is 447 g/mol. The summed E-state index contributed by atoms with van der Waals surface area (Å²) < 4.78 is 15.0. The standard InChI is InChI=1S/C33H31F/c1-3-5-7-29-19-23-32-31(24-29)22-21-30(33(32)34)20-18-28-16-14-27(15-17-28)13-12-26-10-8-25(6-4-2)9-11-26/h3,8-11,14-17,19,21-24H,1,4-7,12-13H2,2H3. The van der Waals surface area contributed by atoms with E-state index in [9.17, 15) is 0 Å². The predicted molar refractivity (Wildman–Crippen MR) is 143 cm³/mol. The SMILES string of the molecule is C=CCCc1ccc2c(F)c(C#Cc3ccc(CCc4ccc(CCC)cc4)cc3)ccc2c1. The van der Waals surface area contributed by atoms with Crippen molar-refractivity contribution in [1.82, 2.24) is 0 Å². The summed E-state index contributed by atoms with van der Waals surface area (Å²) in [4.78, 5) is 0. The van der Waals surface area contributed by atoms with Crippen molar-refractivity contribution in [2.24, 2.45) is 0 Å². The summed E-state index contributed by atoms with van der Waals surface area (Å²) in [6.07, 6.45) is 8.08. The van der Waals surface area contributed by atoms with E-state index in [1.165, 1.54) is 28.7 Å². The molecule has 0 fully saturated rings. The van der Waals surface area contributed by atoms with Gasteiger partial charge in [-0.3, -0.25) is 0 Å². The molecule has 0 aliphatic rings. The molecule has 0 saturated carbocycles. The van der Waals surface area contributed by atoms with Gasteiger partial charge in [0.15, 0.2) is 0 Å². The van der Waals surface area contributed by atoms with Crippen molar-refractivity contribution in [3.8, 4) is 11.8 Å². The van der Waals surface area contributed by atoms with Crippen molar-refractivity contribution < 1.29 is 4.39 Å². The van der Waals surface area contributed by atoms with Gasteiger partial charge in [-0.2, -0.15) is 0 Å². The molecule has 4 aromatic carbocycles. The second kappa shape index (κ2) is 11.5. The molecule has 0 aliphatic carbocycles. The van der Waals surface area contributed by atoms with Crippen molar-refractivity contribution in [2.75, 3.05) is 0 Å². The van der Waals surface area contributed by atoms with E-state index in [2.05, 4.69) is 67.8 Å². The lowest BCUT2D eigenvalue weighted by Crippen LogP contribution is -1.92. The lowest BCUT2D eigenvalue weighted by Gasteiger charge is -2.05. The molecule has 0 unspecified atom stereocenters. The van der Waals surface area contributed by atoms with Crippen LogP contribution in [0.2, 0.25) is 0 Å². The quantitative estimate of drug-likeness (QED) is 0.189. The van der Waals surface area contributed by atoms with E-state index in [1.54, 1.807) is 6.07 Å². The molecule has 170 valence electrons. The van der Waals surface area contributed by atoms with E-state index < -0.39 is 0 Å². The molecule has 0 atom stereocenters. The Morgan fingerprint density at radius 2 is 1.32 bits per heavy atom. The number of benzene rings is 4. The molecule has 1 heteroatoms. The number of allylic oxidation sites excluding steroid dienone is 1. The molecule has 4 rings (SSSR count). The third kappa shape index (κ3) is 6.03. The smallest absolute Gasteiger partial charge is 0.146 e. The van der Waals surface area contributed by atoms with E-state index in [0.717, 1.165) is 43.1 Å². The largest absolute Gasteiger partial charge is 0.205 e. The zero-order chi connectivity index (χ0) is 23.8. The van der Waals surface area contributed by atoms with Crippen molar-refractivity contribution in [3.63, 3.8) is 0 Å². The summed E-state index contributed by atoms with van der Waals surface area (Å²) in [6, 6.07) is 26.9. The van der Waals surface area contributed by atoms with Crippen LogP contribution >= 0.6 is 0 Å². The first kappa shape index (κ1) is 23.5. The zero-order valence-corrected chi connectivity index (χ0v) is 19.9. The first-order chi connectivity index (χ1) is 16.7. The fourth-order valence-electron chi connectivity index (χ4n) is 4.21. The Bertz CT molecular complexity index is 1320. The Kier molecular flexibility index (Phi) is 7.95. The third-order valence-electron chi connectivity index (χ3n) is 6.22. The molecule has 34 heavy (non-hydrogen) atoms. The molecule has 0 amide bonds. The molecule has 0 nitrogen and oxygen atoms in total. The molecule has 0 bridgehead atoms. The van der Waals surface area contributed by atoms with Crippen LogP contribution in [0.5, 0.6) is 0 Å². The fraction of sp³-hybridized carbons (Fsp3) is 0.212. The molecule has 0 saturated heterocycles. The molecule has 0 radical (unpaired) electrons. The first-order valence-electron chi connectivity index (χ1n) is 12.2. The third-order valence-corrected chi connectivity index (χ3v) is 6.22. The summed E-state index contributed by atoms with van der Waals surface area (Å²) in [5.41, 5.74) is 6.58. The van der Waals surface area contributed by atoms with Crippen LogP contribution in [-0.4, -0.2) is 0 Å². The van der Waals surface area contributed by atoms with Gasteiger partial charge in [0.05, 0.1) is 5.56 Å². The molecule has 0 N–H and O–H groups in total. The molecule has 0 aliphatic heterocycles. The number of halogens is 1. The maximum atomic E-state index is 15.0. The zero-order valence-electron chi connectivity index (χ0n) is 19.9. The summed E-state index contributed by atoms with van der Waals surface area (Å²) >= 11 is 0. The van der Waals surface area contributed by atoms with Crippen LogP contribution in [0, 0.1) is 17.7 Å². The monoisotopic (exact) mass is 446 g/mol. The van der Waals surface area contributed by atoms with Crippen LogP contribution in [0.25, 0.3) is 10.8 Å². The van der Waals surface area contributed by atoms with Gasteiger partial charge in [0.25, 0.3) is 0 Å². The summed E-state index contributed by atoms with van der Waals surface area (Å²) in [5.74, 6) is 5.90. The van der Waals surface area contributed by atoms with Crippen LogP contribution < -0.4 is 0 Å². The van der Waals surface area contributed by atoms with Crippen LogP contribution in [-0.2, 0) is 25.7 Å². The van der Waals surface area contributed by atoms with Gasteiger partial charge in [-0.15, -0.1) is 6.58 Å². The minimum Gasteiger partial charge on any atom is -0.205 e. The Morgan fingerprint density at radius 3 is 1.97 bits per heavy atom. The van der Waals surface area contributed by atoms with Crippen molar-refractivity contribution >= 4 is 10.8 Å². The lowest BCUT2D eigenvalue weighted by molar-refractivity contribution is 0.636. The normalized spacial score (nSPS) is 10.6. The highest BCUT2D eigenvalue weighted by Gasteiger charge is 2.06. The van der Waals surface area contributed by atoms with Gasteiger partial charge >= 0.3 is 0 Å². The van der Waals surface area contributed by atoms with Crippen molar-refractivity contribution in [1.29, 1.82) is 0 Å². The highest BCUT2D eigenvalue weighted by molar-refractivity contribution is 5.85. The van der Waals surface area contributed by atoms with Gasteiger partial charge < -0.3 is 0 Å². The van der Waals surface area contributed by atoms with Crippen LogP contribution in [0.4, 0.5) is 4.39 Å². The molecular formula is C33H31F. The van der Waals surface area contributed by atoms with Crippen LogP contribution in [0.3, 0.4) is 0 Å². The van der Waals surface area contributed by atoms with E-state index in [0.29, 0.717) is 10.9 Å². The molecular weight excluding hydrogens is 415 g/mol. The van der Waals surface area contributed by atoms with Crippen LogP contribution in [0.15, 0.2) is 91.5 Å². The van der Waals surface area contributed by atoms with Gasteiger partial charge in [0, 0.05) is 10.9 Å². The van der Waals surface area contributed by atoms with Gasteiger partial charge in [-0.1, -0.05) is 91.9 Å². The number of aryl methyl sites for hydroxylation is 4. The van der Waals surface area contributed by atoms with E-state index in [1.807, 2.05) is 36.4 Å². The Labute approximate surface area is 203 Å². The number of rotatable bonds is 8. The van der Waals surface area contributed by atoms with Gasteiger partial charge in [0.1, 0.15) is 5.82 Å². The maximum absolute atomic E-state index is 15.0. The number of hydrogen-bond acceptors (Lipinski definition) is 0. The lowest BCUT2D eigenvalue weighted by atomic mass is 10.0. The van der Waals surface area contributed by atoms with Gasteiger partial charge in [0.2, 0.25) is 0 Å². The van der Waals surface area contributed by atoms with Crippen LogP contribution in [0.1, 0.15) is 53.1 Å². The Morgan fingerprint density at radius 1 is 0.706 bits per heavy atom. The second-order valence-corrected chi connectivity index (χ2v) is 8.82. The molecule has 0 aromatic heterocycles. The molecule has 4 aromatic rings. The summed E-state index contributed by atoms with van der Waals surface area (Å²) in [5, 5.41) is 1.53. The van der Waals surface area contributed by atoms with Crippen molar-refractivity contribution in [2.45, 2.75) is 45.4 Å². The van der Waals surface area contributed by atoms with E-state index >= 15 is 4.39 Å². The maximum Gasteiger partial charge on any atom is 0.146 e. The summed E-state index contributed by atoms with van der Waals surface area (Å²) in [6.45, 7) is 5.98. The van der Waals surface area contributed by atoms with E-state index in [-0.39, 0.29) is 5.82 Å². The summed E-state index contributed by atoms with van der Waals surface area (Å²) in [7, 11) is 0. The van der Waals surface area contributed by atoms with Gasteiger partial charge in [-0.05, 0) is 77.9 Å². The second-order valence-electron chi connectivity index (χ2n) is 8.82. The Balaban J connectivity index is 1.41. The van der Waals surface area contributed by atoms with Crippen molar-refractivity contribution in [3.05, 3.63) is 131 Å². The highest BCUT2D eigenvalue weighted by atomic mass is 19.1. The Hall–Kier alpha value is -3.63. The molecule has 0 heterocycles. The number of hydrogen-bond donors (Lipinski definition) is 0. The minimum absolute atomic E-state index is 0.248. The number of fused-ring (bicyclic) bond motifs is 1. The van der Waals surface area contributed by atoms with E-state index in [4.69, 9.17) is 0 Å².